The SMILES string of the molecule is COC(=O)CCC1CCC(n2c(C)nn(-c3ccc(C(=N)N)cc3)c2=O)CC1. The van der Waals surface area contributed by atoms with Gasteiger partial charge in [-0.2, -0.15) is 9.78 Å². The summed E-state index contributed by atoms with van der Waals surface area (Å²) in [6.07, 6.45) is 5.09. The highest BCUT2D eigenvalue weighted by molar-refractivity contribution is 5.95. The molecule has 1 aliphatic rings. The second kappa shape index (κ2) is 8.41. The Morgan fingerprint density at radius 3 is 2.46 bits per heavy atom. The second-order valence-electron chi connectivity index (χ2n) is 7.36. The van der Waals surface area contributed by atoms with Crippen molar-refractivity contribution < 1.29 is 9.53 Å². The molecule has 8 heteroatoms. The summed E-state index contributed by atoms with van der Waals surface area (Å²) in [6.45, 7) is 1.85. The molecule has 8 nitrogen and oxygen atoms in total. The fourth-order valence-corrected chi connectivity index (χ4v) is 3.96. The molecule has 1 aromatic carbocycles. The minimum absolute atomic E-state index is 0.00966. The van der Waals surface area contributed by atoms with Crippen LogP contribution >= 0.6 is 0 Å². The molecule has 3 rings (SSSR count). The average molecular weight is 385 g/mol. The number of ether oxygens (including phenoxy) is 1. The fourth-order valence-electron chi connectivity index (χ4n) is 3.96. The predicted molar refractivity (Wildman–Crippen MR) is 106 cm³/mol. The summed E-state index contributed by atoms with van der Waals surface area (Å²) in [5.41, 5.74) is 6.60. The van der Waals surface area contributed by atoms with Gasteiger partial charge in [0.05, 0.1) is 12.8 Å². The third-order valence-electron chi connectivity index (χ3n) is 5.57. The van der Waals surface area contributed by atoms with Gasteiger partial charge in [0.2, 0.25) is 0 Å². The first-order valence-electron chi connectivity index (χ1n) is 9.60. The van der Waals surface area contributed by atoms with Crippen LogP contribution in [0.1, 0.15) is 56.0 Å². The predicted octanol–water partition coefficient (Wildman–Crippen LogP) is 2.31. The number of amidine groups is 1. The standard InChI is InChI=1S/C20H27N5O3/c1-13-23-25(17-10-6-15(7-11-17)19(21)22)20(27)24(13)16-8-3-14(4-9-16)5-12-18(26)28-2/h6-7,10-11,14,16H,3-5,8-9,12H2,1-2H3,(H3,21,22). The number of rotatable bonds is 6. The first kappa shape index (κ1) is 19.9. The van der Waals surface area contributed by atoms with Gasteiger partial charge in [0.1, 0.15) is 11.7 Å². The minimum Gasteiger partial charge on any atom is -0.469 e. The lowest BCUT2D eigenvalue weighted by Crippen LogP contribution is -2.30. The lowest BCUT2D eigenvalue weighted by atomic mass is 9.83. The normalized spacial score (nSPS) is 19.4. The van der Waals surface area contributed by atoms with E-state index in [0.717, 1.165) is 32.1 Å². The Bertz CT molecular complexity index is 905. The number of nitrogens with one attached hydrogen (secondary N) is 1. The molecular formula is C20H27N5O3. The summed E-state index contributed by atoms with van der Waals surface area (Å²) in [5.74, 6) is 1.02. The minimum atomic E-state index is -0.161. The number of nitrogens with zero attached hydrogens (tertiary/aromatic N) is 3. The Labute approximate surface area is 163 Å². The quantitative estimate of drug-likeness (QED) is 0.450. The zero-order valence-electron chi connectivity index (χ0n) is 16.4. The zero-order chi connectivity index (χ0) is 20.3. The fraction of sp³-hybridized carbons (Fsp3) is 0.500. The Morgan fingerprint density at radius 2 is 1.89 bits per heavy atom. The molecule has 3 N–H and O–H groups in total. The number of aryl methyl sites for hydroxylation is 1. The van der Waals surface area contributed by atoms with Crippen LogP contribution in [-0.2, 0) is 9.53 Å². The summed E-state index contributed by atoms with van der Waals surface area (Å²) < 4.78 is 7.91. The third-order valence-corrected chi connectivity index (χ3v) is 5.57. The molecule has 0 bridgehead atoms. The van der Waals surface area contributed by atoms with Crippen molar-refractivity contribution in [3.05, 3.63) is 46.1 Å². The molecule has 0 amide bonds. The van der Waals surface area contributed by atoms with Gasteiger partial charge in [-0.15, -0.1) is 0 Å². The van der Waals surface area contributed by atoms with Gasteiger partial charge >= 0.3 is 11.7 Å². The number of hydrogen-bond donors (Lipinski definition) is 2. The van der Waals surface area contributed by atoms with Crippen LogP contribution in [0.2, 0.25) is 0 Å². The van der Waals surface area contributed by atoms with Crippen LogP contribution in [-0.4, -0.2) is 33.3 Å². The van der Waals surface area contributed by atoms with Crippen molar-refractivity contribution in [2.24, 2.45) is 11.7 Å². The molecule has 0 saturated heterocycles. The van der Waals surface area contributed by atoms with Crippen molar-refractivity contribution in [2.45, 2.75) is 51.5 Å². The highest BCUT2D eigenvalue weighted by atomic mass is 16.5. The molecule has 1 saturated carbocycles. The van der Waals surface area contributed by atoms with Gasteiger partial charge in [0, 0.05) is 18.0 Å². The van der Waals surface area contributed by atoms with E-state index in [0.29, 0.717) is 29.4 Å². The Kier molecular flexibility index (Phi) is 5.96. The van der Waals surface area contributed by atoms with E-state index in [-0.39, 0.29) is 23.5 Å². The largest absolute Gasteiger partial charge is 0.469 e. The van der Waals surface area contributed by atoms with Crippen LogP contribution in [0.3, 0.4) is 0 Å². The van der Waals surface area contributed by atoms with Crippen molar-refractivity contribution in [1.29, 1.82) is 5.41 Å². The summed E-state index contributed by atoms with van der Waals surface area (Å²) in [4.78, 5) is 24.3. The van der Waals surface area contributed by atoms with Crippen LogP contribution in [0.25, 0.3) is 5.69 Å². The third kappa shape index (κ3) is 4.16. The molecule has 0 aliphatic heterocycles. The first-order valence-corrected chi connectivity index (χ1v) is 9.60. The van der Waals surface area contributed by atoms with Crippen LogP contribution in [0, 0.1) is 18.3 Å². The van der Waals surface area contributed by atoms with E-state index in [2.05, 4.69) is 5.10 Å². The van der Waals surface area contributed by atoms with E-state index in [1.165, 1.54) is 11.8 Å². The topological polar surface area (TPSA) is 116 Å². The highest BCUT2D eigenvalue weighted by Gasteiger charge is 2.26. The molecule has 2 aromatic rings. The molecule has 1 aliphatic carbocycles. The lowest BCUT2D eigenvalue weighted by molar-refractivity contribution is -0.141. The molecule has 0 atom stereocenters. The summed E-state index contributed by atoms with van der Waals surface area (Å²) in [5, 5.41) is 11.9. The van der Waals surface area contributed by atoms with Crippen LogP contribution in [0.15, 0.2) is 29.1 Å². The van der Waals surface area contributed by atoms with E-state index >= 15 is 0 Å². The number of benzene rings is 1. The number of nitrogens with two attached hydrogens (primary N) is 1. The molecule has 0 unspecified atom stereocenters. The van der Waals surface area contributed by atoms with Gasteiger partial charge in [0.25, 0.3) is 0 Å². The Hall–Kier alpha value is -2.90. The average Bonchev–Trinajstić information content (AvgIpc) is 3.00. The molecule has 0 radical (unpaired) electrons. The van der Waals surface area contributed by atoms with Crippen molar-refractivity contribution in [1.82, 2.24) is 14.3 Å². The summed E-state index contributed by atoms with van der Waals surface area (Å²) >= 11 is 0. The van der Waals surface area contributed by atoms with Crippen LogP contribution < -0.4 is 11.4 Å². The number of methoxy groups -OCH3 is 1. The summed E-state index contributed by atoms with van der Waals surface area (Å²) in [7, 11) is 1.42. The smallest absolute Gasteiger partial charge is 0.350 e. The molecule has 1 heterocycles. The molecule has 1 aromatic heterocycles. The molecule has 28 heavy (non-hydrogen) atoms. The van der Waals surface area contributed by atoms with E-state index < -0.39 is 0 Å². The van der Waals surface area contributed by atoms with Crippen molar-refractivity contribution in [2.75, 3.05) is 7.11 Å². The Morgan fingerprint density at radius 1 is 1.25 bits per heavy atom. The molecule has 0 spiro atoms. The monoisotopic (exact) mass is 385 g/mol. The second-order valence-corrected chi connectivity index (χ2v) is 7.36. The van der Waals surface area contributed by atoms with Gasteiger partial charge in [-0.25, -0.2) is 4.79 Å². The van der Waals surface area contributed by atoms with E-state index in [4.69, 9.17) is 15.9 Å². The van der Waals surface area contributed by atoms with Crippen molar-refractivity contribution in [3.63, 3.8) is 0 Å². The number of hydrogen-bond acceptors (Lipinski definition) is 5. The van der Waals surface area contributed by atoms with Crippen molar-refractivity contribution >= 4 is 11.8 Å². The Balaban J connectivity index is 1.72. The van der Waals surface area contributed by atoms with E-state index in [9.17, 15) is 9.59 Å². The van der Waals surface area contributed by atoms with Crippen LogP contribution in [0.5, 0.6) is 0 Å². The number of esters is 1. The van der Waals surface area contributed by atoms with Gasteiger partial charge in [-0.3, -0.25) is 14.8 Å². The molecular weight excluding hydrogens is 358 g/mol. The molecule has 1 fully saturated rings. The van der Waals surface area contributed by atoms with Crippen molar-refractivity contribution in [3.8, 4) is 5.69 Å². The number of carbonyl (C=O) groups excluding carboxylic acids is 1. The maximum Gasteiger partial charge on any atom is 0.350 e. The lowest BCUT2D eigenvalue weighted by Gasteiger charge is -2.29. The van der Waals surface area contributed by atoms with Gasteiger partial charge in [-0.1, -0.05) is 0 Å². The first-order chi connectivity index (χ1) is 13.4. The molecule has 150 valence electrons. The number of carbonyl (C=O) groups is 1. The van der Waals surface area contributed by atoms with E-state index in [1.54, 1.807) is 28.8 Å². The maximum absolute atomic E-state index is 13.0. The maximum atomic E-state index is 13.0. The zero-order valence-corrected chi connectivity index (χ0v) is 16.4. The summed E-state index contributed by atoms with van der Waals surface area (Å²) in [6, 6.07) is 7.06. The number of nitrogen functional groups attached to an aromatic ring is 1. The number of aromatic nitrogens is 3. The van der Waals surface area contributed by atoms with Gasteiger partial charge in [0.15, 0.2) is 0 Å². The van der Waals surface area contributed by atoms with Gasteiger partial charge in [-0.05, 0) is 69.2 Å². The van der Waals surface area contributed by atoms with Crippen LogP contribution in [0.4, 0.5) is 0 Å². The highest BCUT2D eigenvalue weighted by Crippen LogP contribution is 2.34. The van der Waals surface area contributed by atoms with E-state index in [1.807, 2.05) is 6.92 Å². The van der Waals surface area contributed by atoms with Gasteiger partial charge < -0.3 is 10.5 Å².